The van der Waals surface area contributed by atoms with Crippen molar-refractivity contribution in [2.45, 2.75) is 19.5 Å². The van der Waals surface area contributed by atoms with Crippen LogP contribution in [-0.4, -0.2) is 9.97 Å². The first-order valence-electron chi connectivity index (χ1n) is 8.01. The van der Waals surface area contributed by atoms with Gasteiger partial charge >= 0.3 is 0 Å². The highest BCUT2D eigenvalue weighted by molar-refractivity contribution is 6.01. The summed E-state index contributed by atoms with van der Waals surface area (Å²) in [4.78, 5) is 19.7. The van der Waals surface area contributed by atoms with Gasteiger partial charge in [0.05, 0.1) is 0 Å². The maximum Gasteiger partial charge on any atom is 0.294 e. The van der Waals surface area contributed by atoms with E-state index in [1.54, 1.807) is 0 Å². The molecule has 2 heterocycles. The molecule has 0 fully saturated rings. The van der Waals surface area contributed by atoms with Crippen LogP contribution < -0.4 is 10.9 Å². The smallest absolute Gasteiger partial charge is 0.294 e. The van der Waals surface area contributed by atoms with Crippen molar-refractivity contribution in [3.05, 3.63) is 76.3 Å². The van der Waals surface area contributed by atoms with Crippen LogP contribution >= 0.6 is 0 Å². The average Bonchev–Trinajstić information content (AvgIpc) is 3.00. The Hall–Kier alpha value is -2.92. The van der Waals surface area contributed by atoms with Gasteiger partial charge in [0.25, 0.3) is 5.56 Å². The molecule has 1 atom stereocenters. The van der Waals surface area contributed by atoms with Crippen molar-refractivity contribution in [2.75, 3.05) is 0 Å². The normalized spacial score (nSPS) is 12.7. The number of rotatable bonds is 4. The summed E-state index contributed by atoms with van der Waals surface area (Å²) in [5.74, 6) is 0.654. The van der Waals surface area contributed by atoms with Gasteiger partial charge in [0.15, 0.2) is 5.82 Å². The molecule has 0 aliphatic heterocycles. The van der Waals surface area contributed by atoms with Gasteiger partial charge in [0.2, 0.25) is 5.58 Å². The van der Waals surface area contributed by atoms with Crippen molar-refractivity contribution in [2.24, 2.45) is 0 Å². The second-order valence-electron chi connectivity index (χ2n) is 5.93. The fourth-order valence-corrected chi connectivity index (χ4v) is 2.93. The molecule has 5 heteroatoms. The number of nitrogens with one attached hydrogen (secondary N) is 1. The Kier molecular flexibility index (Phi) is 3.63. The number of quaternary nitrogens is 1. The fourth-order valence-electron chi connectivity index (χ4n) is 2.93. The first-order chi connectivity index (χ1) is 11.7. The molecule has 0 bridgehead atoms. The van der Waals surface area contributed by atoms with Crippen LogP contribution in [0.5, 0.6) is 0 Å². The standard InChI is InChI=1S/C19H17N3O2/c1-12(13-7-3-2-4-8-13)20-11-16-21-17-14-9-5-6-10-15(14)24-18(17)19(23)22-16/h2-10,12,20H,11H2,1H3,(H,21,22,23)/p+1/t12-/m1/s1. The van der Waals surface area contributed by atoms with E-state index in [0.29, 0.717) is 23.5 Å². The number of hydrogen-bond donors (Lipinski definition) is 2. The van der Waals surface area contributed by atoms with Crippen molar-refractivity contribution < 1.29 is 9.73 Å². The summed E-state index contributed by atoms with van der Waals surface area (Å²) in [6.45, 7) is 2.74. The predicted molar refractivity (Wildman–Crippen MR) is 92.6 cm³/mol. The third-order valence-corrected chi connectivity index (χ3v) is 4.27. The number of para-hydroxylation sites is 1. The van der Waals surface area contributed by atoms with Crippen LogP contribution in [-0.2, 0) is 6.54 Å². The van der Waals surface area contributed by atoms with Gasteiger partial charge in [-0.3, -0.25) is 4.79 Å². The molecule has 0 saturated heterocycles. The maximum absolute atomic E-state index is 12.3. The van der Waals surface area contributed by atoms with E-state index >= 15 is 0 Å². The lowest BCUT2D eigenvalue weighted by Gasteiger charge is -2.10. The molecule has 0 unspecified atom stereocenters. The van der Waals surface area contributed by atoms with E-state index in [2.05, 4.69) is 34.3 Å². The summed E-state index contributed by atoms with van der Waals surface area (Å²) in [5.41, 5.74) is 2.62. The Labute approximate surface area is 138 Å². The monoisotopic (exact) mass is 320 g/mol. The summed E-state index contributed by atoms with van der Waals surface area (Å²) >= 11 is 0. The molecule has 4 rings (SSSR count). The van der Waals surface area contributed by atoms with Crippen LogP contribution in [0.3, 0.4) is 0 Å². The summed E-state index contributed by atoms with van der Waals surface area (Å²) in [5, 5.41) is 3.03. The van der Waals surface area contributed by atoms with Crippen LogP contribution in [0.25, 0.3) is 22.1 Å². The molecule has 0 spiro atoms. The number of furan rings is 1. The number of nitrogens with zero attached hydrogens (tertiary/aromatic N) is 1. The summed E-state index contributed by atoms with van der Waals surface area (Å²) < 4.78 is 5.62. The maximum atomic E-state index is 12.3. The minimum atomic E-state index is -0.230. The first kappa shape index (κ1) is 14.7. The van der Waals surface area contributed by atoms with Crippen LogP contribution in [0.1, 0.15) is 24.4 Å². The molecular weight excluding hydrogens is 302 g/mol. The number of aromatic nitrogens is 2. The quantitative estimate of drug-likeness (QED) is 0.606. The molecule has 0 saturated carbocycles. The van der Waals surface area contributed by atoms with Crippen LogP contribution in [0.2, 0.25) is 0 Å². The average molecular weight is 320 g/mol. The molecule has 2 aromatic heterocycles. The van der Waals surface area contributed by atoms with Crippen LogP contribution in [0.15, 0.2) is 63.8 Å². The Balaban J connectivity index is 1.65. The van der Waals surface area contributed by atoms with E-state index in [1.165, 1.54) is 5.56 Å². The molecule has 24 heavy (non-hydrogen) atoms. The van der Waals surface area contributed by atoms with Gasteiger partial charge in [0.1, 0.15) is 23.7 Å². The summed E-state index contributed by atoms with van der Waals surface area (Å²) in [6, 6.07) is 18.1. The lowest BCUT2D eigenvalue weighted by atomic mass is 10.1. The number of nitrogens with two attached hydrogens (primary N) is 1. The highest BCUT2D eigenvalue weighted by Gasteiger charge is 2.14. The van der Waals surface area contributed by atoms with Gasteiger partial charge in [0, 0.05) is 10.9 Å². The molecule has 0 aliphatic carbocycles. The van der Waals surface area contributed by atoms with Gasteiger partial charge in [-0.25, -0.2) is 4.98 Å². The SMILES string of the molecule is C[C@@H]([NH2+]Cc1nc2c(oc3ccccc32)c(=O)[nH]1)c1ccccc1. The van der Waals surface area contributed by atoms with Crippen LogP contribution in [0, 0.1) is 0 Å². The Morgan fingerprint density at radius 2 is 1.88 bits per heavy atom. The third kappa shape index (κ3) is 2.59. The number of hydrogen-bond acceptors (Lipinski definition) is 3. The highest BCUT2D eigenvalue weighted by atomic mass is 16.3. The molecule has 4 aromatic rings. The molecule has 120 valence electrons. The zero-order chi connectivity index (χ0) is 16.5. The Morgan fingerprint density at radius 1 is 1.12 bits per heavy atom. The second-order valence-corrected chi connectivity index (χ2v) is 5.93. The molecule has 0 amide bonds. The second kappa shape index (κ2) is 5.94. The summed E-state index contributed by atoms with van der Waals surface area (Å²) in [7, 11) is 0. The molecule has 2 aromatic carbocycles. The number of benzene rings is 2. The van der Waals surface area contributed by atoms with E-state index in [0.717, 1.165) is 5.39 Å². The van der Waals surface area contributed by atoms with Crippen molar-refractivity contribution in [3.8, 4) is 0 Å². The largest absolute Gasteiger partial charge is 0.449 e. The lowest BCUT2D eigenvalue weighted by molar-refractivity contribution is -0.708. The Morgan fingerprint density at radius 3 is 2.71 bits per heavy atom. The van der Waals surface area contributed by atoms with Crippen molar-refractivity contribution >= 4 is 22.1 Å². The number of aromatic amines is 1. The number of H-pyrrole nitrogens is 1. The minimum absolute atomic E-state index is 0.230. The van der Waals surface area contributed by atoms with Crippen molar-refractivity contribution in [3.63, 3.8) is 0 Å². The van der Waals surface area contributed by atoms with Crippen LogP contribution in [0.4, 0.5) is 0 Å². The van der Waals surface area contributed by atoms with Crippen molar-refractivity contribution in [1.82, 2.24) is 9.97 Å². The molecule has 0 radical (unpaired) electrons. The van der Waals surface area contributed by atoms with Gasteiger partial charge in [-0.15, -0.1) is 0 Å². The van der Waals surface area contributed by atoms with E-state index < -0.39 is 0 Å². The fraction of sp³-hybridized carbons (Fsp3) is 0.158. The zero-order valence-electron chi connectivity index (χ0n) is 13.3. The lowest BCUT2D eigenvalue weighted by Crippen LogP contribution is -2.83. The minimum Gasteiger partial charge on any atom is -0.449 e. The van der Waals surface area contributed by atoms with Gasteiger partial charge in [-0.1, -0.05) is 42.5 Å². The van der Waals surface area contributed by atoms with E-state index in [4.69, 9.17) is 4.42 Å². The number of fused-ring (bicyclic) bond motifs is 3. The Bertz CT molecular complexity index is 1050. The molecule has 5 nitrogen and oxygen atoms in total. The highest BCUT2D eigenvalue weighted by Crippen LogP contribution is 2.24. The van der Waals surface area contributed by atoms with Gasteiger partial charge < -0.3 is 14.7 Å². The van der Waals surface area contributed by atoms with Gasteiger partial charge in [-0.2, -0.15) is 0 Å². The van der Waals surface area contributed by atoms with Crippen molar-refractivity contribution in [1.29, 1.82) is 0 Å². The van der Waals surface area contributed by atoms with E-state index in [1.807, 2.05) is 42.5 Å². The molecular formula is C19H18N3O2+. The third-order valence-electron chi connectivity index (χ3n) is 4.27. The molecule has 3 N–H and O–H groups in total. The predicted octanol–water partition coefficient (Wildman–Crippen LogP) is 2.49. The molecule has 0 aliphatic rings. The summed E-state index contributed by atoms with van der Waals surface area (Å²) in [6.07, 6.45) is 0. The van der Waals surface area contributed by atoms with E-state index in [9.17, 15) is 4.79 Å². The first-order valence-corrected chi connectivity index (χ1v) is 8.01. The zero-order valence-corrected chi connectivity index (χ0v) is 13.3. The van der Waals surface area contributed by atoms with E-state index in [-0.39, 0.29) is 17.2 Å². The topological polar surface area (TPSA) is 75.5 Å². The van der Waals surface area contributed by atoms with Gasteiger partial charge in [-0.05, 0) is 19.1 Å².